The van der Waals surface area contributed by atoms with Gasteiger partial charge in [-0.1, -0.05) is 0 Å². The highest BCUT2D eigenvalue weighted by atomic mass is 31.2. The van der Waals surface area contributed by atoms with Crippen LogP contribution < -0.4 is 11.2 Å². The molecule has 1 aromatic rings. The van der Waals surface area contributed by atoms with Crippen molar-refractivity contribution < 1.29 is 32.9 Å². The molecule has 2 rings (SSSR count). The van der Waals surface area contributed by atoms with Gasteiger partial charge >= 0.3 is 13.3 Å². The molecule has 12 heteroatoms. The fourth-order valence-electron chi connectivity index (χ4n) is 2.95. The molecule has 170 valence electrons. The number of aromatic amines is 1. The molecule has 1 aliphatic heterocycles. The van der Waals surface area contributed by atoms with Crippen LogP contribution in [0.4, 0.5) is 0 Å². The molecule has 0 aliphatic carbocycles. The average Bonchev–Trinajstić information content (AvgIpc) is 2.99. The lowest BCUT2D eigenvalue weighted by Crippen LogP contribution is -2.40. The summed E-state index contributed by atoms with van der Waals surface area (Å²) in [6.45, 7) is 5.66. The third-order valence-electron chi connectivity index (χ3n) is 4.35. The Morgan fingerprint density at radius 3 is 2.53 bits per heavy atom. The summed E-state index contributed by atoms with van der Waals surface area (Å²) >= 11 is 0. The van der Waals surface area contributed by atoms with Crippen molar-refractivity contribution in [3.63, 3.8) is 0 Å². The van der Waals surface area contributed by atoms with Crippen LogP contribution in [0.5, 0.6) is 0 Å². The zero-order chi connectivity index (χ0) is 22.3. The monoisotopic (exact) mass is 448 g/mol. The molecular weight excluding hydrogens is 419 g/mol. The highest BCUT2D eigenvalue weighted by Crippen LogP contribution is 2.50. The summed E-state index contributed by atoms with van der Waals surface area (Å²) in [6.07, 6.45) is -1.44. The van der Waals surface area contributed by atoms with Gasteiger partial charge in [-0.2, -0.15) is 0 Å². The number of aliphatic hydroxyl groups is 1. The third-order valence-corrected chi connectivity index (χ3v) is 6.12. The number of nitrogens with one attached hydrogen (secondary N) is 1. The summed E-state index contributed by atoms with van der Waals surface area (Å²) in [5.41, 5.74) is -0.931. The number of aromatic nitrogens is 2. The maximum absolute atomic E-state index is 12.6. The van der Waals surface area contributed by atoms with E-state index in [4.69, 9.17) is 23.3 Å². The van der Waals surface area contributed by atoms with E-state index in [-0.39, 0.29) is 26.4 Å². The van der Waals surface area contributed by atoms with Gasteiger partial charge in [0.1, 0.15) is 18.3 Å². The number of aliphatic hydroxyl groups excluding tert-OH is 1. The maximum atomic E-state index is 12.6. The minimum Gasteiger partial charge on any atom is -0.387 e. The van der Waals surface area contributed by atoms with Gasteiger partial charge in [0, 0.05) is 24.7 Å². The molecule has 0 aromatic carbocycles. The summed E-state index contributed by atoms with van der Waals surface area (Å²) in [4.78, 5) is 26.2. The van der Waals surface area contributed by atoms with E-state index in [1.54, 1.807) is 20.8 Å². The van der Waals surface area contributed by atoms with E-state index in [1.807, 2.05) is 0 Å². The van der Waals surface area contributed by atoms with Crippen LogP contribution in [0.15, 0.2) is 27.7 Å². The molecular formula is C18H29N2O9P. The molecule has 0 amide bonds. The van der Waals surface area contributed by atoms with Gasteiger partial charge in [-0.3, -0.25) is 18.9 Å². The SMILES string of the molecule is CCOP(=O)(/C=C/[C@H]1O[C@@H](n2cc(C)c(=O)[nH]c2=O)[C@H](OCCOC)[C@@H]1O)OCC. The zero-order valence-corrected chi connectivity index (χ0v) is 18.4. The van der Waals surface area contributed by atoms with Crippen molar-refractivity contribution >= 4 is 7.60 Å². The Labute approximate surface area is 174 Å². The van der Waals surface area contributed by atoms with E-state index >= 15 is 0 Å². The highest BCUT2D eigenvalue weighted by Gasteiger charge is 2.45. The Balaban J connectivity index is 2.34. The lowest BCUT2D eigenvalue weighted by Gasteiger charge is -2.22. The Morgan fingerprint density at radius 2 is 1.93 bits per heavy atom. The van der Waals surface area contributed by atoms with E-state index in [2.05, 4.69) is 4.98 Å². The van der Waals surface area contributed by atoms with Crippen molar-refractivity contribution in [1.29, 1.82) is 0 Å². The van der Waals surface area contributed by atoms with Gasteiger partial charge in [0.25, 0.3) is 5.56 Å². The van der Waals surface area contributed by atoms with E-state index < -0.39 is 43.4 Å². The number of ether oxygens (including phenoxy) is 3. The summed E-state index contributed by atoms with van der Waals surface area (Å²) in [5.74, 6) is 1.23. The predicted molar refractivity (Wildman–Crippen MR) is 108 cm³/mol. The summed E-state index contributed by atoms with van der Waals surface area (Å²) in [7, 11) is -2.01. The number of hydrogen-bond donors (Lipinski definition) is 2. The number of rotatable bonds is 11. The molecule has 1 fully saturated rings. The summed E-state index contributed by atoms with van der Waals surface area (Å²) < 4.78 is 40.7. The Kier molecular flexibility index (Phi) is 9.17. The number of H-pyrrole nitrogens is 1. The first-order valence-corrected chi connectivity index (χ1v) is 11.2. The smallest absolute Gasteiger partial charge is 0.353 e. The second-order valence-electron chi connectivity index (χ2n) is 6.51. The number of aryl methyl sites for hydroxylation is 1. The normalized spacial score (nSPS) is 24.7. The lowest BCUT2D eigenvalue weighted by molar-refractivity contribution is -0.0783. The first-order valence-electron chi connectivity index (χ1n) is 9.60. The molecule has 30 heavy (non-hydrogen) atoms. The lowest BCUT2D eigenvalue weighted by atomic mass is 10.1. The fourth-order valence-corrected chi connectivity index (χ4v) is 4.30. The van der Waals surface area contributed by atoms with E-state index in [0.717, 1.165) is 4.57 Å². The van der Waals surface area contributed by atoms with E-state index in [9.17, 15) is 19.3 Å². The van der Waals surface area contributed by atoms with Crippen molar-refractivity contribution in [2.45, 2.75) is 45.3 Å². The largest absolute Gasteiger partial charge is 0.387 e. The molecule has 4 atom stereocenters. The Bertz CT molecular complexity index is 871. The van der Waals surface area contributed by atoms with Gasteiger partial charge in [-0.15, -0.1) is 0 Å². The first-order chi connectivity index (χ1) is 14.3. The van der Waals surface area contributed by atoms with Gasteiger partial charge < -0.3 is 28.4 Å². The van der Waals surface area contributed by atoms with E-state index in [0.29, 0.717) is 5.56 Å². The van der Waals surface area contributed by atoms with Gasteiger partial charge in [-0.25, -0.2) is 4.79 Å². The topological polar surface area (TPSA) is 138 Å². The van der Waals surface area contributed by atoms with E-state index in [1.165, 1.54) is 25.2 Å². The summed E-state index contributed by atoms with van der Waals surface area (Å²) in [5, 5.41) is 10.8. The number of hydrogen-bond acceptors (Lipinski definition) is 9. The number of methoxy groups -OCH3 is 1. The Morgan fingerprint density at radius 1 is 1.27 bits per heavy atom. The predicted octanol–water partition coefficient (Wildman–Crippen LogP) is 0.915. The van der Waals surface area contributed by atoms with Crippen LogP contribution in [0.25, 0.3) is 0 Å². The van der Waals surface area contributed by atoms with Crippen molar-refractivity contribution in [3.05, 3.63) is 44.5 Å². The molecule has 0 radical (unpaired) electrons. The van der Waals surface area contributed by atoms with Crippen LogP contribution in [-0.4, -0.2) is 66.5 Å². The maximum Gasteiger partial charge on any atom is 0.353 e. The average molecular weight is 448 g/mol. The fraction of sp³-hybridized carbons (Fsp3) is 0.667. The molecule has 2 N–H and O–H groups in total. The van der Waals surface area contributed by atoms with Gasteiger partial charge in [-0.05, 0) is 26.8 Å². The van der Waals surface area contributed by atoms with Crippen LogP contribution in [-0.2, 0) is 27.8 Å². The third kappa shape index (κ3) is 5.98. The van der Waals surface area contributed by atoms with Gasteiger partial charge in [0.15, 0.2) is 6.23 Å². The van der Waals surface area contributed by atoms with Crippen LogP contribution in [0.1, 0.15) is 25.6 Å². The molecule has 1 aromatic heterocycles. The molecule has 11 nitrogen and oxygen atoms in total. The van der Waals surface area contributed by atoms with Crippen molar-refractivity contribution in [2.75, 3.05) is 33.5 Å². The molecule has 0 bridgehead atoms. The van der Waals surface area contributed by atoms with Gasteiger partial charge in [0.2, 0.25) is 0 Å². The number of nitrogens with zero attached hydrogens (tertiary/aromatic N) is 1. The van der Waals surface area contributed by atoms with Crippen LogP contribution in [0.3, 0.4) is 0 Å². The second kappa shape index (κ2) is 11.1. The van der Waals surface area contributed by atoms with Crippen LogP contribution >= 0.6 is 7.60 Å². The molecule has 0 unspecified atom stereocenters. The highest BCUT2D eigenvalue weighted by molar-refractivity contribution is 7.57. The molecule has 1 aliphatic rings. The minimum atomic E-state index is -3.51. The van der Waals surface area contributed by atoms with Crippen molar-refractivity contribution in [2.24, 2.45) is 0 Å². The molecule has 0 saturated carbocycles. The van der Waals surface area contributed by atoms with Crippen LogP contribution in [0, 0.1) is 6.92 Å². The zero-order valence-electron chi connectivity index (χ0n) is 17.5. The Hall–Kier alpha value is -1.59. The summed E-state index contributed by atoms with van der Waals surface area (Å²) in [6, 6.07) is 0. The van der Waals surface area contributed by atoms with Gasteiger partial charge in [0.05, 0.1) is 26.4 Å². The quantitative estimate of drug-likeness (QED) is 0.374. The second-order valence-corrected chi connectivity index (χ2v) is 8.40. The van der Waals surface area contributed by atoms with Crippen molar-refractivity contribution in [3.8, 4) is 0 Å². The van der Waals surface area contributed by atoms with Crippen LogP contribution in [0.2, 0.25) is 0 Å². The molecule has 2 heterocycles. The first kappa shape index (κ1) is 24.7. The minimum absolute atomic E-state index is 0.141. The molecule has 0 spiro atoms. The van der Waals surface area contributed by atoms with Crippen molar-refractivity contribution in [1.82, 2.24) is 9.55 Å². The standard InChI is InChI=1S/C18H29N2O9P/c1-5-27-30(24,28-6-2)10-7-13-14(21)15(26-9-8-25-4)17(29-13)20-11-12(3)16(22)19-18(20)23/h7,10-11,13-15,17,21H,5-6,8-9H2,1-4H3,(H,19,22,23)/b10-7+/t13-,14-,15-,17-/m1/s1. The molecule has 1 saturated heterocycles.